The fourth-order valence-corrected chi connectivity index (χ4v) is 8.37. The summed E-state index contributed by atoms with van der Waals surface area (Å²) in [6.45, 7) is 12.2. The number of sulfonamides is 1. The highest BCUT2D eigenvalue weighted by molar-refractivity contribution is 7.90. The van der Waals surface area contributed by atoms with Crippen LogP contribution in [0.25, 0.3) is 22.2 Å². The second-order valence-electron chi connectivity index (χ2n) is 16.1. The summed E-state index contributed by atoms with van der Waals surface area (Å²) in [7, 11) is -2.35. The lowest BCUT2D eigenvalue weighted by Crippen LogP contribution is -2.57. The van der Waals surface area contributed by atoms with Gasteiger partial charge in [0.15, 0.2) is 0 Å². The molecule has 2 N–H and O–H groups in total. The topological polar surface area (TPSA) is 164 Å². The van der Waals surface area contributed by atoms with Crippen LogP contribution in [0, 0.1) is 17.3 Å². The molecule has 13 nitrogen and oxygen atoms in total. The van der Waals surface area contributed by atoms with Crippen LogP contribution in [-0.2, 0) is 29.2 Å². The van der Waals surface area contributed by atoms with Crippen LogP contribution >= 0.6 is 0 Å². The minimum absolute atomic E-state index is 0.0181. The van der Waals surface area contributed by atoms with Crippen LogP contribution in [0.3, 0.4) is 0 Å². The number of amides is 4. The first-order valence-electron chi connectivity index (χ1n) is 19.4. The van der Waals surface area contributed by atoms with Crippen molar-refractivity contribution in [2.75, 3.05) is 32.5 Å². The van der Waals surface area contributed by atoms with Crippen LogP contribution in [-0.4, -0.2) is 97.0 Å². The maximum atomic E-state index is 14.8. The molecule has 0 radical (unpaired) electrons. The van der Waals surface area contributed by atoms with E-state index in [1.807, 2.05) is 80.3 Å². The second kappa shape index (κ2) is 16.2. The van der Waals surface area contributed by atoms with Crippen molar-refractivity contribution in [1.82, 2.24) is 24.8 Å². The smallest absolute Gasteiger partial charge is 0.259 e. The minimum Gasteiger partial charge on any atom is -0.497 e. The van der Waals surface area contributed by atoms with Crippen molar-refractivity contribution < 1.29 is 37.1 Å². The molecule has 3 fully saturated rings. The van der Waals surface area contributed by atoms with Gasteiger partial charge < -0.3 is 24.6 Å². The van der Waals surface area contributed by atoms with Crippen LogP contribution in [0.2, 0.25) is 0 Å². The maximum Gasteiger partial charge on any atom is 0.259 e. The number of methoxy groups -OCH3 is 1. The number of carbonyl (C=O) groups excluding carboxylic acids is 4. The molecule has 56 heavy (non-hydrogen) atoms. The number of piperidine rings is 1. The van der Waals surface area contributed by atoms with E-state index < -0.39 is 56.8 Å². The van der Waals surface area contributed by atoms with Gasteiger partial charge in [-0.3, -0.25) is 23.9 Å². The fourth-order valence-electron chi connectivity index (χ4n) is 7.76. The van der Waals surface area contributed by atoms with Gasteiger partial charge >= 0.3 is 0 Å². The van der Waals surface area contributed by atoms with E-state index in [0.717, 1.165) is 24.8 Å². The normalized spacial score (nSPS) is 22.9. The first-order chi connectivity index (χ1) is 26.6. The molecule has 1 saturated carbocycles. The molecule has 0 unspecified atom stereocenters. The first-order valence-corrected chi connectivity index (χ1v) is 21.0. The molecule has 3 heterocycles. The molecule has 1 aromatic heterocycles. The Kier molecular flexibility index (Phi) is 11.8. The second-order valence-corrected chi connectivity index (χ2v) is 18.2. The van der Waals surface area contributed by atoms with Crippen LogP contribution in [0.1, 0.15) is 66.2 Å². The van der Waals surface area contributed by atoms with Crippen molar-refractivity contribution >= 4 is 44.6 Å². The van der Waals surface area contributed by atoms with E-state index >= 15 is 0 Å². The van der Waals surface area contributed by atoms with Crippen molar-refractivity contribution in [2.45, 2.75) is 83.9 Å². The summed E-state index contributed by atoms with van der Waals surface area (Å²) in [5, 5.41) is 3.54. The Morgan fingerprint density at radius 3 is 2.39 bits per heavy atom. The summed E-state index contributed by atoms with van der Waals surface area (Å²) in [5.74, 6) is -2.43. The molecule has 1 aliphatic carbocycles. The van der Waals surface area contributed by atoms with Gasteiger partial charge in [0, 0.05) is 54.9 Å². The summed E-state index contributed by atoms with van der Waals surface area (Å²) in [6, 6.07) is 15.9. The molecule has 2 saturated heterocycles. The lowest BCUT2D eigenvalue weighted by Gasteiger charge is -2.36. The Morgan fingerprint density at radius 2 is 1.77 bits per heavy atom. The monoisotopic (exact) mass is 787 g/mol. The SMILES string of the molecule is C=C[C@H]1C[C@]1(NC(=O)[C@@H]1C[C@@H](Oc2cc(-c3ccccc3)nc3cc(OC)ccc23)CN1C(=O)[C@@H](CC(=O)N1CCCCC1)C(C)(C)C)C(=O)NS(=O)(=O)CC. The molecule has 0 spiro atoms. The third-order valence-electron chi connectivity index (χ3n) is 11.3. The van der Waals surface area contributed by atoms with E-state index in [0.29, 0.717) is 41.2 Å². The Balaban J connectivity index is 1.35. The van der Waals surface area contributed by atoms with Crippen LogP contribution in [0.5, 0.6) is 11.5 Å². The molecule has 0 bridgehead atoms. The number of carbonyl (C=O) groups is 4. The predicted molar refractivity (Wildman–Crippen MR) is 213 cm³/mol. The summed E-state index contributed by atoms with van der Waals surface area (Å²) >= 11 is 0. The molecule has 5 atom stereocenters. The maximum absolute atomic E-state index is 14.8. The third kappa shape index (κ3) is 8.69. The summed E-state index contributed by atoms with van der Waals surface area (Å²) in [4.78, 5) is 64.6. The minimum atomic E-state index is -3.93. The number of rotatable bonds is 13. The molecule has 3 aliphatic rings. The van der Waals surface area contributed by atoms with Crippen LogP contribution < -0.4 is 19.5 Å². The number of nitrogens with zero attached hydrogens (tertiary/aromatic N) is 3. The van der Waals surface area contributed by atoms with E-state index in [1.165, 1.54) is 17.9 Å². The quantitative estimate of drug-likeness (QED) is 0.231. The van der Waals surface area contributed by atoms with Crippen LogP contribution in [0.15, 0.2) is 67.3 Å². The molecule has 4 amide bonds. The van der Waals surface area contributed by atoms with Crippen LogP contribution in [0.4, 0.5) is 0 Å². The zero-order valence-electron chi connectivity index (χ0n) is 32.9. The van der Waals surface area contributed by atoms with Crippen molar-refractivity contribution in [3.8, 4) is 22.8 Å². The zero-order valence-corrected chi connectivity index (χ0v) is 33.7. The van der Waals surface area contributed by atoms with Crippen molar-refractivity contribution in [3.63, 3.8) is 0 Å². The highest BCUT2D eigenvalue weighted by Gasteiger charge is 2.61. The molecule has 3 aromatic rings. The Hall–Kier alpha value is -4.98. The highest BCUT2D eigenvalue weighted by Crippen LogP contribution is 2.45. The van der Waals surface area contributed by atoms with Gasteiger partial charge in [-0.25, -0.2) is 13.4 Å². The largest absolute Gasteiger partial charge is 0.497 e. The van der Waals surface area contributed by atoms with E-state index in [1.54, 1.807) is 7.11 Å². The van der Waals surface area contributed by atoms with Crippen molar-refractivity contribution in [1.29, 1.82) is 0 Å². The van der Waals surface area contributed by atoms with Gasteiger partial charge in [0.2, 0.25) is 27.7 Å². The van der Waals surface area contributed by atoms with E-state index in [4.69, 9.17) is 14.5 Å². The van der Waals surface area contributed by atoms with Gasteiger partial charge in [0.05, 0.1) is 36.5 Å². The van der Waals surface area contributed by atoms with Crippen molar-refractivity contribution in [2.24, 2.45) is 17.3 Å². The lowest BCUT2D eigenvalue weighted by molar-refractivity contribution is -0.148. The molecular weight excluding hydrogens is 735 g/mol. The first kappa shape index (κ1) is 40.7. The molecular formula is C42H53N5O8S. The number of likely N-dealkylation sites (tertiary alicyclic amines) is 2. The van der Waals surface area contributed by atoms with E-state index in [-0.39, 0.29) is 43.4 Å². The van der Waals surface area contributed by atoms with Gasteiger partial charge in [-0.1, -0.05) is 57.2 Å². The molecule has 14 heteroatoms. The highest BCUT2D eigenvalue weighted by atomic mass is 32.2. The van der Waals surface area contributed by atoms with Gasteiger partial charge in [0.25, 0.3) is 5.91 Å². The van der Waals surface area contributed by atoms with Gasteiger partial charge in [-0.15, -0.1) is 6.58 Å². The summed E-state index contributed by atoms with van der Waals surface area (Å²) in [6.07, 6.45) is 3.92. The average molecular weight is 788 g/mol. The molecule has 300 valence electrons. The molecule has 6 rings (SSSR count). The summed E-state index contributed by atoms with van der Waals surface area (Å²) < 4.78 is 39.1. The van der Waals surface area contributed by atoms with Crippen molar-refractivity contribution in [3.05, 3.63) is 67.3 Å². The Morgan fingerprint density at radius 1 is 1.05 bits per heavy atom. The van der Waals surface area contributed by atoms with Gasteiger partial charge in [-0.05, 0) is 50.2 Å². The summed E-state index contributed by atoms with van der Waals surface area (Å²) in [5.41, 5.74) is -0.0430. The number of hydrogen-bond donors (Lipinski definition) is 2. The standard InChI is InChI=1S/C42H53N5O8S/c1-7-28-25-42(28,40(51)45-56(52,53)8-2)44-38(49)35-22-30(26-47(35)39(50)32(41(3,4)5)23-37(48)46-19-13-10-14-20-46)55-36-24-33(27-15-11-9-12-16-27)43-34-21-29(54-6)17-18-31(34)36/h7,9,11-12,15-18,21,24,28,30,32,35H,1,8,10,13-14,19-20,22-23,25-26H2,2-6H3,(H,44,49)(H,45,51)/t28-,30+,32+,35-,42+/m0/s1. The van der Waals surface area contributed by atoms with Gasteiger partial charge in [0.1, 0.15) is 29.2 Å². The number of pyridine rings is 1. The zero-order chi connectivity index (χ0) is 40.4. The lowest BCUT2D eigenvalue weighted by atomic mass is 9.77. The van der Waals surface area contributed by atoms with E-state index in [2.05, 4.69) is 16.6 Å². The van der Waals surface area contributed by atoms with Gasteiger partial charge in [-0.2, -0.15) is 0 Å². The fraction of sp³-hybridized carbons (Fsp3) is 0.500. The number of fused-ring (bicyclic) bond motifs is 1. The van der Waals surface area contributed by atoms with E-state index in [9.17, 15) is 27.6 Å². The Labute approximate surface area is 329 Å². The average Bonchev–Trinajstić information content (AvgIpc) is 3.75. The number of hydrogen-bond acceptors (Lipinski definition) is 9. The number of aromatic nitrogens is 1. The Bertz CT molecular complexity index is 2100. The number of ether oxygens (including phenoxy) is 2. The predicted octanol–water partition coefficient (Wildman–Crippen LogP) is 4.85. The molecule has 2 aromatic carbocycles. The molecule has 2 aliphatic heterocycles. The number of benzene rings is 2. The third-order valence-corrected chi connectivity index (χ3v) is 12.6. The number of nitrogens with one attached hydrogen (secondary N) is 2.